The molecule has 1 aromatic heterocycles. The van der Waals surface area contributed by atoms with E-state index >= 15 is 0 Å². The van der Waals surface area contributed by atoms with Crippen molar-refractivity contribution in [2.45, 2.75) is 49.2 Å². The third kappa shape index (κ3) is 5.69. The van der Waals surface area contributed by atoms with Crippen molar-refractivity contribution < 1.29 is 9.13 Å². The van der Waals surface area contributed by atoms with Crippen molar-refractivity contribution in [1.82, 2.24) is 14.1 Å². The van der Waals surface area contributed by atoms with Crippen LogP contribution in [-0.2, 0) is 4.74 Å². The average Bonchev–Trinajstić information content (AvgIpc) is 2.82. The number of ether oxygens (including phenoxy) is 1. The highest BCUT2D eigenvalue weighted by Crippen LogP contribution is 2.32. The number of hydrogen-bond acceptors (Lipinski definition) is 7. The lowest BCUT2D eigenvalue weighted by Crippen LogP contribution is -2.41. The van der Waals surface area contributed by atoms with Crippen LogP contribution in [0.3, 0.4) is 0 Å². The van der Waals surface area contributed by atoms with Gasteiger partial charge < -0.3 is 10.1 Å². The Hall–Kier alpha value is -2.12. The lowest BCUT2D eigenvalue weighted by molar-refractivity contribution is -0.0234. The van der Waals surface area contributed by atoms with Crippen LogP contribution in [0.1, 0.15) is 42.9 Å². The summed E-state index contributed by atoms with van der Waals surface area (Å²) in [5.41, 5.74) is 0.293. The predicted octanol–water partition coefficient (Wildman–Crippen LogP) is 4.35. The summed E-state index contributed by atoms with van der Waals surface area (Å²) in [5.74, 6) is 0. The number of anilines is 1. The van der Waals surface area contributed by atoms with Crippen LogP contribution in [0.2, 0.25) is 5.02 Å². The molecule has 1 atom stereocenters. The summed E-state index contributed by atoms with van der Waals surface area (Å²) < 4.78 is 23.7. The maximum atomic E-state index is 14.8. The number of nitrogens with zero attached hydrogens (tertiary/aromatic N) is 4. The van der Waals surface area contributed by atoms with E-state index < -0.39 is 5.67 Å². The first-order chi connectivity index (χ1) is 15.9. The SMILES string of the molecule is Cc1ccc(C#N)cc1SN1CCC(n2ncc(NC[C@@]3(F)CCCOC3)c(Cl)c2=O)CC1. The number of nitriles is 1. The predicted molar refractivity (Wildman–Crippen MR) is 127 cm³/mol. The van der Waals surface area contributed by atoms with E-state index in [1.54, 1.807) is 11.9 Å². The van der Waals surface area contributed by atoms with Crippen LogP contribution in [0.4, 0.5) is 10.1 Å². The molecular formula is C23H27ClFN5O2S. The number of aryl methyl sites for hydroxylation is 1. The van der Waals surface area contributed by atoms with Gasteiger partial charge in [-0.15, -0.1) is 0 Å². The minimum Gasteiger partial charge on any atom is -0.379 e. The second-order valence-electron chi connectivity index (χ2n) is 8.63. The first kappa shape index (κ1) is 24.0. The third-order valence-electron chi connectivity index (χ3n) is 6.13. The lowest BCUT2D eigenvalue weighted by Gasteiger charge is -2.32. The Morgan fingerprint density at radius 3 is 2.91 bits per heavy atom. The van der Waals surface area contributed by atoms with Gasteiger partial charge in [0.15, 0.2) is 5.67 Å². The maximum Gasteiger partial charge on any atom is 0.287 e. The van der Waals surface area contributed by atoms with Crippen molar-refractivity contribution in [3.8, 4) is 6.07 Å². The van der Waals surface area contributed by atoms with Gasteiger partial charge in [-0.3, -0.25) is 4.79 Å². The monoisotopic (exact) mass is 491 g/mol. The van der Waals surface area contributed by atoms with Gasteiger partial charge in [-0.2, -0.15) is 10.4 Å². The quantitative estimate of drug-likeness (QED) is 0.601. The summed E-state index contributed by atoms with van der Waals surface area (Å²) in [6.07, 6.45) is 4.11. The zero-order chi connectivity index (χ0) is 23.4. The van der Waals surface area contributed by atoms with Gasteiger partial charge in [-0.25, -0.2) is 13.4 Å². The molecule has 1 N–H and O–H groups in total. The number of halogens is 2. The van der Waals surface area contributed by atoms with Gasteiger partial charge in [0.05, 0.1) is 42.7 Å². The largest absolute Gasteiger partial charge is 0.379 e. The number of nitrogens with one attached hydrogen (secondary N) is 1. The molecule has 2 aliphatic heterocycles. The second kappa shape index (κ2) is 10.4. The fourth-order valence-corrected chi connectivity index (χ4v) is 5.39. The summed E-state index contributed by atoms with van der Waals surface area (Å²) in [4.78, 5) is 13.9. The molecule has 4 rings (SSSR count). The number of aromatic nitrogens is 2. The zero-order valence-corrected chi connectivity index (χ0v) is 20.1. The molecule has 0 unspecified atom stereocenters. The van der Waals surface area contributed by atoms with E-state index in [9.17, 15) is 9.18 Å². The Bertz CT molecular complexity index is 1090. The molecule has 10 heteroatoms. The summed E-state index contributed by atoms with van der Waals surface area (Å²) in [5, 5.41) is 16.5. The highest BCUT2D eigenvalue weighted by molar-refractivity contribution is 7.97. The van der Waals surface area contributed by atoms with E-state index in [-0.39, 0.29) is 29.8 Å². The summed E-state index contributed by atoms with van der Waals surface area (Å²) in [6.45, 7) is 4.23. The van der Waals surface area contributed by atoms with Crippen molar-refractivity contribution in [3.05, 3.63) is 50.9 Å². The molecule has 7 nitrogen and oxygen atoms in total. The Kier molecular flexibility index (Phi) is 7.59. The Labute approximate surface area is 202 Å². The molecule has 0 bridgehead atoms. The molecule has 33 heavy (non-hydrogen) atoms. The van der Waals surface area contributed by atoms with E-state index in [0.717, 1.165) is 36.4 Å². The number of benzene rings is 1. The molecule has 3 heterocycles. The normalized spacial score (nSPS) is 22.1. The average molecular weight is 492 g/mol. The first-order valence-corrected chi connectivity index (χ1v) is 12.3. The summed E-state index contributed by atoms with van der Waals surface area (Å²) in [7, 11) is 0. The first-order valence-electron chi connectivity index (χ1n) is 11.1. The molecule has 0 amide bonds. The Morgan fingerprint density at radius 1 is 1.42 bits per heavy atom. The van der Waals surface area contributed by atoms with E-state index in [1.165, 1.54) is 10.9 Å². The van der Waals surface area contributed by atoms with Gasteiger partial charge in [0, 0.05) is 24.6 Å². The zero-order valence-electron chi connectivity index (χ0n) is 18.5. The van der Waals surface area contributed by atoms with Crippen LogP contribution in [0.5, 0.6) is 0 Å². The Morgan fingerprint density at radius 2 is 2.21 bits per heavy atom. The molecule has 2 saturated heterocycles. The standard InChI is InChI=1S/C23H27ClFN5O2S/c1-16-3-4-17(12-26)11-20(16)33-29-8-5-18(6-9-29)30-22(31)21(24)19(13-28-30)27-14-23(25)7-2-10-32-15-23/h3-4,11,13,18,27H,2,5-10,14-15H2,1H3/t23-/m0/s1. The molecule has 0 aliphatic carbocycles. The molecule has 2 aromatic rings. The number of rotatable bonds is 6. The Balaban J connectivity index is 1.37. The van der Waals surface area contributed by atoms with E-state index in [4.69, 9.17) is 21.6 Å². The molecule has 1 aromatic carbocycles. The third-order valence-corrected chi connectivity index (χ3v) is 7.75. The molecule has 0 saturated carbocycles. The van der Waals surface area contributed by atoms with E-state index in [0.29, 0.717) is 30.7 Å². The minimum atomic E-state index is -1.47. The van der Waals surface area contributed by atoms with Gasteiger partial charge in [0.25, 0.3) is 5.56 Å². The van der Waals surface area contributed by atoms with Crippen LogP contribution >= 0.6 is 23.5 Å². The minimum absolute atomic E-state index is 0.0277. The molecule has 0 radical (unpaired) electrons. The van der Waals surface area contributed by atoms with Gasteiger partial charge >= 0.3 is 0 Å². The van der Waals surface area contributed by atoms with Gasteiger partial charge in [-0.05, 0) is 62.3 Å². The highest BCUT2D eigenvalue weighted by atomic mass is 35.5. The molecule has 2 aliphatic rings. The van der Waals surface area contributed by atoms with Crippen LogP contribution in [0.25, 0.3) is 0 Å². The topological polar surface area (TPSA) is 83.2 Å². The molecule has 2 fully saturated rings. The fourth-order valence-electron chi connectivity index (χ4n) is 4.12. The van der Waals surface area contributed by atoms with Crippen molar-refractivity contribution >= 4 is 29.2 Å². The van der Waals surface area contributed by atoms with Crippen molar-refractivity contribution in [1.29, 1.82) is 5.26 Å². The van der Waals surface area contributed by atoms with E-state index in [2.05, 4.69) is 20.8 Å². The second-order valence-corrected chi connectivity index (χ2v) is 10.1. The maximum absolute atomic E-state index is 14.8. The highest BCUT2D eigenvalue weighted by Gasteiger charge is 2.33. The molecule has 0 spiro atoms. The van der Waals surface area contributed by atoms with Crippen molar-refractivity contribution in [2.24, 2.45) is 0 Å². The van der Waals surface area contributed by atoms with Gasteiger partial charge in [-0.1, -0.05) is 17.7 Å². The molecular weight excluding hydrogens is 465 g/mol. The van der Waals surface area contributed by atoms with Crippen LogP contribution in [0.15, 0.2) is 34.1 Å². The molecule has 176 valence electrons. The summed E-state index contributed by atoms with van der Waals surface area (Å²) >= 11 is 7.97. The van der Waals surface area contributed by atoms with Gasteiger partial charge in [0.1, 0.15) is 5.02 Å². The van der Waals surface area contributed by atoms with Crippen molar-refractivity contribution in [2.75, 3.05) is 38.2 Å². The van der Waals surface area contributed by atoms with Gasteiger partial charge in [0.2, 0.25) is 0 Å². The summed E-state index contributed by atoms with van der Waals surface area (Å²) in [6, 6.07) is 7.82. The number of alkyl halides is 1. The van der Waals surface area contributed by atoms with Crippen molar-refractivity contribution in [3.63, 3.8) is 0 Å². The number of piperidine rings is 1. The fraction of sp³-hybridized carbons (Fsp3) is 0.522. The number of hydrogen-bond donors (Lipinski definition) is 1. The lowest BCUT2D eigenvalue weighted by atomic mass is 9.99. The van der Waals surface area contributed by atoms with Crippen LogP contribution < -0.4 is 10.9 Å². The smallest absolute Gasteiger partial charge is 0.287 e. The van der Waals surface area contributed by atoms with Crippen LogP contribution in [0, 0.1) is 18.3 Å². The van der Waals surface area contributed by atoms with Crippen LogP contribution in [-0.4, -0.2) is 52.6 Å². The van der Waals surface area contributed by atoms with E-state index in [1.807, 2.05) is 25.1 Å².